The van der Waals surface area contributed by atoms with E-state index in [2.05, 4.69) is 4.98 Å². The maximum absolute atomic E-state index is 14.7. The molecule has 28 heavy (non-hydrogen) atoms. The van der Waals surface area contributed by atoms with Gasteiger partial charge in [-0.3, -0.25) is 0 Å². The van der Waals surface area contributed by atoms with Crippen LogP contribution in [0.25, 0.3) is 22.0 Å². The Morgan fingerprint density at radius 1 is 1.04 bits per heavy atom. The van der Waals surface area contributed by atoms with Gasteiger partial charge >= 0.3 is 11.9 Å². The quantitative estimate of drug-likeness (QED) is 0.560. The van der Waals surface area contributed by atoms with Crippen molar-refractivity contribution in [2.75, 3.05) is 13.2 Å². The monoisotopic (exact) mass is 401 g/mol. The number of fused-ring (bicyclic) bond motifs is 1. The molecule has 1 heterocycles. The average Bonchev–Trinajstić information content (AvgIpc) is 2.67. The molecule has 0 unspecified atom stereocenters. The molecule has 0 saturated heterocycles. The summed E-state index contributed by atoms with van der Waals surface area (Å²) in [6.45, 7) is 3.44. The third-order valence-electron chi connectivity index (χ3n) is 4.04. The van der Waals surface area contributed by atoms with E-state index in [1.165, 1.54) is 18.2 Å². The zero-order valence-corrected chi connectivity index (χ0v) is 16.0. The van der Waals surface area contributed by atoms with Crippen LogP contribution in [0.1, 0.15) is 34.7 Å². The molecule has 3 rings (SSSR count). The van der Waals surface area contributed by atoms with Crippen LogP contribution in [0.15, 0.2) is 42.5 Å². The van der Waals surface area contributed by atoms with Gasteiger partial charge in [-0.1, -0.05) is 29.8 Å². The van der Waals surface area contributed by atoms with Crippen LogP contribution in [0.2, 0.25) is 5.02 Å². The molecule has 0 aliphatic heterocycles. The minimum absolute atomic E-state index is 0.0748. The molecule has 0 amide bonds. The highest BCUT2D eigenvalue weighted by molar-refractivity contribution is 6.31. The lowest BCUT2D eigenvalue weighted by molar-refractivity contribution is 0.0474. The molecule has 0 fully saturated rings. The second-order valence-corrected chi connectivity index (χ2v) is 6.23. The van der Waals surface area contributed by atoms with E-state index in [9.17, 15) is 14.0 Å². The third kappa shape index (κ3) is 3.68. The number of pyridine rings is 1. The first-order chi connectivity index (χ1) is 13.5. The minimum Gasteiger partial charge on any atom is -0.462 e. The standard InChI is InChI=1S/C21H17ClFNO4/c1-3-27-20(25)18-17(13-7-5-6-8-15(13)23)14-11-12(22)9-10-16(14)24-19(18)21(26)28-4-2/h5-11H,3-4H2,1-2H3. The van der Waals surface area contributed by atoms with E-state index in [0.717, 1.165) is 0 Å². The van der Waals surface area contributed by atoms with Gasteiger partial charge in [0.1, 0.15) is 11.4 Å². The summed E-state index contributed by atoms with van der Waals surface area (Å²) in [5.41, 5.74) is 0.310. The van der Waals surface area contributed by atoms with E-state index in [-0.39, 0.29) is 35.6 Å². The van der Waals surface area contributed by atoms with Crippen molar-refractivity contribution in [3.8, 4) is 11.1 Å². The molecule has 0 bridgehead atoms. The molecule has 0 aliphatic carbocycles. The van der Waals surface area contributed by atoms with Gasteiger partial charge in [-0.15, -0.1) is 0 Å². The second-order valence-electron chi connectivity index (χ2n) is 5.79. The number of halogens is 2. The number of hydrogen-bond acceptors (Lipinski definition) is 5. The Morgan fingerprint density at radius 3 is 2.39 bits per heavy atom. The Labute approximate surface area is 166 Å². The molecule has 7 heteroatoms. The van der Waals surface area contributed by atoms with E-state index in [1.54, 1.807) is 38.1 Å². The molecular formula is C21H17ClFNO4. The predicted octanol–water partition coefficient (Wildman–Crippen LogP) is 5.05. The SMILES string of the molecule is CCOC(=O)c1nc2ccc(Cl)cc2c(-c2ccccc2F)c1C(=O)OCC. The van der Waals surface area contributed by atoms with E-state index in [4.69, 9.17) is 21.1 Å². The number of hydrogen-bond donors (Lipinski definition) is 0. The lowest BCUT2D eigenvalue weighted by atomic mass is 9.93. The van der Waals surface area contributed by atoms with Crippen LogP contribution in [0.3, 0.4) is 0 Å². The Kier molecular flexibility index (Phi) is 5.90. The number of carbonyl (C=O) groups is 2. The lowest BCUT2D eigenvalue weighted by Crippen LogP contribution is -2.18. The van der Waals surface area contributed by atoms with E-state index in [1.807, 2.05) is 0 Å². The van der Waals surface area contributed by atoms with Crippen molar-refractivity contribution >= 4 is 34.4 Å². The van der Waals surface area contributed by atoms with Crippen LogP contribution >= 0.6 is 11.6 Å². The minimum atomic E-state index is -0.793. The molecule has 0 aliphatic rings. The zero-order valence-electron chi connectivity index (χ0n) is 15.3. The number of aromatic nitrogens is 1. The van der Waals surface area contributed by atoms with Gasteiger partial charge in [0, 0.05) is 21.5 Å². The summed E-state index contributed by atoms with van der Waals surface area (Å²) in [5, 5.41) is 0.805. The van der Waals surface area contributed by atoms with Crippen molar-refractivity contribution < 1.29 is 23.5 Å². The van der Waals surface area contributed by atoms with Crippen molar-refractivity contribution in [1.29, 1.82) is 0 Å². The Morgan fingerprint density at radius 2 is 1.71 bits per heavy atom. The molecule has 3 aromatic rings. The Bertz CT molecular complexity index is 1070. The molecule has 0 atom stereocenters. The highest BCUT2D eigenvalue weighted by atomic mass is 35.5. The fraction of sp³-hybridized carbons (Fsp3) is 0.190. The molecule has 0 radical (unpaired) electrons. The lowest BCUT2D eigenvalue weighted by Gasteiger charge is -2.16. The number of nitrogens with zero attached hydrogens (tertiary/aromatic N) is 1. The van der Waals surface area contributed by atoms with Gasteiger partial charge in [0.25, 0.3) is 0 Å². The zero-order chi connectivity index (χ0) is 20.3. The van der Waals surface area contributed by atoms with Crippen LogP contribution in [-0.2, 0) is 9.47 Å². The van der Waals surface area contributed by atoms with Gasteiger partial charge in [0.15, 0.2) is 5.69 Å². The molecule has 5 nitrogen and oxygen atoms in total. The van der Waals surface area contributed by atoms with Crippen molar-refractivity contribution in [1.82, 2.24) is 4.98 Å². The topological polar surface area (TPSA) is 65.5 Å². The van der Waals surface area contributed by atoms with Crippen LogP contribution in [0, 0.1) is 5.82 Å². The smallest absolute Gasteiger partial charge is 0.357 e. The highest BCUT2D eigenvalue weighted by Gasteiger charge is 2.29. The first-order valence-electron chi connectivity index (χ1n) is 8.70. The third-order valence-corrected chi connectivity index (χ3v) is 4.27. The molecule has 2 aromatic carbocycles. The van der Waals surface area contributed by atoms with Crippen LogP contribution < -0.4 is 0 Å². The summed E-state index contributed by atoms with van der Waals surface area (Å²) < 4.78 is 24.9. The van der Waals surface area contributed by atoms with Gasteiger partial charge in [-0.05, 0) is 38.1 Å². The molecular weight excluding hydrogens is 385 g/mol. The molecule has 1 aromatic heterocycles. The fourth-order valence-corrected chi connectivity index (χ4v) is 3.10. The fourth-order valence-electron chi connectivity index (χ4n) is 2.93. The first kappa shape index (κ1) is 19.8. The van der Waals surface area contributed by atoms with Crippen molar-refractivity contribution in [2.24, 2.45) is 0 Å². The summed E-state index contributed by atoms with van der Waals surface area (Å²) in [6.07, 6.45) is 0. The Balaban J connectivity index is 2.48. The van der Waals surface area contributed by atoms with Crippen molar-refractivity contribution in [2.45, 2.75) is 13.8 Å². The van der Waals surface area contributed by atoms with Gasteiger partial charge in [0.05, 0.1) is 18.7 Å². The molecule has 0 spiro atoms. The van der Waals surface area contributed by atoms with Crippen LogP contribution in [-0.4, -0.2) is 30.1 Å². The summed E-state index contributed by atoms with van der Waals surface area (Å²) in [7, 11) is 0. The first-order valence-corrected chi connectivity index (χ1v) is 9.08. The van der Waals surface area contributed by atoms with Gasteiger partial charge in [0.2, 0.25) is 0 Å². The predicted molar refractivity (Wildman–Crippen MR) is 104 cm³/mol. The maximum Gasteiger partial charge on any atom is 0.357 e. The number of ether oxygens (including phenoxy) is 2. The highest BCUT2D eigenvalue weighted by Crippen LogP contribution is 2.36. The van der Waals surface area contributed by atoms with Gasteiger partial charge in [-0.25, -0.2) is 19.0 Å². The maximum atomic E-state index is 14.7. The Hall–Kier alpha value is -2.99. The van der Waals surface area contributed by atoms with Crippen molar-refractivity contribution in [3.63, 3.8) is 0 Å². The number of esters is 2. The van der Waals surface area contributed by atoms with E-state index >= 15 is 0 Å². The summed E-state index contributed by atoms with van der Waals surface area (Å²) in [6, 6.07) is 10.7. The van der Waals surface area contributed by atoms with Crippen molar-refractivity contribution in [3.05, 3.63) is 64.6 Å². The second kappa shape index (κ2) is 8.35. The summed E-state index contributed by atoms with van der Waals surface area (Å²) >= 11 is 6.13. The van der Waals surface area contributed by atoms with Gasteiger partial charge < -0.3 is 9.47 Å². The van der Waals surface area contributed by atoms with Gasteiger partial charge in [-0.2, -0.15) is 0 Å². The van der Waals surface area contributed by atoms with E-state index < -0.39 is 17.8 Å². The van der Waals surface area contributed by atoms with Crippen LogP contribution in [0.5, 0.6) is 0 Å². The molecule has 0 saturated carbocycles. The van der Waals surface area contributed by atoms with Crippen LogP contribution in [0.4, 0.5) is 4.39 Å². The number of benzene rings is 2. The van der Waals surface area contributed by atoms with E-state index in [0.29, 0.717) is 15.9 Å². The average molecular weight is 402 g/mol. The number of carbonyl (C=O) groups excluding carboxylic acids is 2. The largest absolute Gasteiger partial charge is 0.462 e. The normalized spacial score (nSPS) is 10.7. The summed E-state index contributed by atoms with van der Waals surface area (Å²) in [5.74, 6) is -2.14. The number of rotatable bonds is 5. The molecule has 144 valence electrons. The summed E-state index contributed by atoms with van der Waals surface area (Å²) in [4.78, 5) is 29.6. The molecule has 0 N–H and O–H groups in total.